The standard InChI is InChI=1S/C29H52O5/c1-6-7-8-9-10-11-12-17-22-34-27(33)24-29(4,5)21-16-14-19-25(30)18-13-15-20-28(2,3)23-26(31)32/h12,17H,6-11,13-16,18-24H2,1-5H3,(H,31,32)/b17-12-. The number of unbranched alkanes of at least 4 members (excludes halogenated alkanes) is 7. The van der Waals surface area contributed by atoms with Crippen molar-refractivity contribution < 1.29 is 24.2 Å². The first-order valence-electron chi connectivity index (χ1n) is 13.5. The lowest BCUT2D eigenvalue weighted by atomic mass is 9.83. The average Bonchev–Trinajstić information content (AvgIpc) is 2.72. The maximum absolute atomic E-state index is 12.1. The van der Waals surface area contributed by atoms with Crippen LogP contribution < -0.4 is 0 Å². The van der Waals surface area contributed by atoms with Crippen LogP contribution in [0.3, 0.4) is 0 Å². The molecule has 0 saturated heterocycles. The number of allylic oxidation sites excluding steroid dienone is 1. The molecule has 0 bridgehead atoms. The van der Waals surface area contributed by atoms with E-state index < -0.39 is 5.97 Å². The van der Waals surface area contributed by atoms with Crippen molar-refractivity contribution in [1.82, 2.24) is 0 Å². The van der Waals surface area contributed by atoms with Gasteiger partial charge in [0.15, 0.2) is 0 Å². The molecule has 34 heavy (non-hydrogen) atoms. The van der Waals surface area contributed by atoms with Crippen LogP contribution in [0.25, 0.3) is 0 Å². The average molecular weight is 481 g/mol. The van der Waals surface area contributed by atoms with Gasteiger partial charge in [0.25, 0.3) is 0 Å². The Bertz CT molecular complexity index is 604. The second-order valence-corrected chi connectivity index (χ2v) is 11.4. The molecule has 5 heteroatoms. The molecular formula is C29H52O5. The molecule has 0 unspecified atom stereocenters. The third-order valence-corrected chi connectivity index (χ3v) is 6.35. The highest BCUT2D eigenvalue weighted by Crippen LogP contribution is 2.29. The van der Waals surface area contributed by atoms with Crippen molar-refractivity contribution in [3.05, 3.63) is 12.2 Å². The first kappa shape index (κ1) is 32.4. The lowest BCUT2D eigenvalue weighted by Gasteiger charge is -2.23. The highest BCUT2D eigenvalue weighted by Gasteiger charge is 2.23. The van der Waals surface area contributed by atoms with Gasteiger partial charge in [-0.25, -0.2) is 0 Å². The quantitative estimate of drug-likeness (QED) is 0.0962. The van der Waals surface area contributed by atoms with E-state index in [1.165, 1.54) is 32.1 Å². The number of hydrogen-bond acceptors (Lipinski definition) is 4. The van der Waals surface area contributed by atoms with Gasteiger partial charge in [-0.2, -0.15) is 0 Å². The van der Waals surface area contributed by atoms with Crippen molar-refractivity contribution in [3.8, 4) is 0 Å². The van der Waals surface area contributed by atoms with Crippen LogP contribution in [-0.2, 0) is 19.1 Å². The van der Waals surface area contributed by atoms with Crippen LogP contribution in [-0.4, -0.2) is 29.4 Å². The highest BCUT2D eigenvalue weighted by atomic mass is 16.5. The predicted octanol–water partition coefficient (Wildman–Crippen LogP) is 8.05. The highest BCUT2D eigenvalue weighted by molar-refractivity contribution is 5.78. The lowest BCUT2D eigenvalue weighted by molar-refractivity contribution is -0.145. The largest absolute Gasteiger partial charge is 0.481 e. The zero-order valence-electron chi connectivity index (χ0n) is 22.8. The summed E-state index contributed by atoms with van der Waals surface area (Å²) in [7, 11) is 0. The minimum atomic E-state index is -0.766. The molecule has 0 aromatic rings. The van der Waals surface area contributed by atoms with Crippen LogP contribution in [0.2, 0.25) is 0 Å². The number of carboxylic acid groups (broad SMARTS) is 1. The fourth-order valence-electron chi connectivity index (χ4n) is 4.20. The topological polar surface area (TPSA) is 80.7 Å². The Kier molecular flexibility index (Phi) is 17.7. The molecular weight excluding hydrogens is 428 g/mol. The maximum atomic E-state index is 12.1. The Morgan fingerprint density at radius 3 is 1.85 bits per heavy atom. The van der Waals surface area contributed by atoms with E-state index in [1.54, 1.807) is 0 Å². The number of ether oxygens (including phenoxy) is 1. The number of carbonyl (C=O) groups excluding carboxylic acids is 2. The lowest BCUT2D eigenvalue weighted by Crippen LogP contribution is -2.19. The van der Waals surface area contributed by atoms with Crippen molar-refractivity contribution >= 4 is 17.7 Å². The summed E-state index contributed by atoms with van der Waals surface area (Å²) in [5.74, 6) is -0.637. The molecule has 0 spiro atoms. The molecule has 5 nitrogen and oxygen atoms in total. The smallest absolute Gasteiger partial charge is 0.306 e. The molecule has 0 saturated carbocycles. The fraction of sp³-hybridized carbons (Fsp3) is 0.828. The van der Waals surface area contributed by atoms with Gasteiger partial charge < -0.3 is 9.84 Å². The number of Topliss-reactive ketones (excluding diaryl/α,β-unsaturated/α-hetero) is 1. The van der Waals surface area contributed by atoms with Gasteiger partial charge in [-0.3, -0.25) is 14.4 Å². The normalized spacial score (nSPS) is 12.3. The van der Waals surface area contributed by atoms with E-state index in [0.29, 0.717) is 25.9 Å². The number of rotatable bonds is 22. The van der Waals surface area contributed by atoms with Crippen LogP contribution in [0, 0.1) is 10.8 Å². The van der Waals surface area contributed by atoms with E-state index >= 15 is 0 Å². The van der Waals surface area contributed by atoms with Gasteiger partial charge in [-0.15, -0.1) is 0 Å². The Labute approximate surface area is 209 Å². The predicted molar refractivity (Wildman–Crippen MR) is 140 cm³/mol. The Morgan fingerprint density at radius 1 is 0.735 bits per heavy atom. The van der Waals surface area contributed by atoms with E-state index in [1.807, 2.05) is 19.9 Å². The third kappa shape index (κ3) is 20.9. The summed E-state index contributed by atoms with van der Waals surface area (Å²) in [6, 6.07) is 0. The number of aliphatic carboxylic acids is 1. The summed E-state index contributed by atoms with van der Waals surface area (Å²) in [6.45, 7) is 10.7. The van der Waals surface area contributed by atoms with Crippen LogP contribution in [0.15, 0.2) is 12.2 Å². The number of esters is 1. The Hall–Kier alpha value is -1.65. The summed E-state index contributed by atoms with van der Waals surface area (Å²) < 4.78 is 5.36. The fourth-order valence-corrected chi connectivity index (χ4v) is 4.20. The molecule has 1 N–H and O–H groups in total. The van der Waals surface area contributed by atoms with E-state index in [9.17, 15) is 14.4 Å². The van der Waals surface area contributed by atoms with Crippen LogP contribution in [0.4, 0.5) is 0 Å². The first-order valence-corrected chi connectivity index (χ1v) is 13.5. The van der Waals surface area contributed by atoms with Gasteiger partial charge in [0.05, 0.1) is 12.8 Å². The van der Waals surface area contributed by atoms with Crippen molar-refractivity contribution in [1.29, 1.82) is 0 Å². The monoisotopic (exact) mass is 480 g/mol. The molecule has 0 rings (SSSR count). The minimum absolute atomic E-state index is 0.126. The van der Waals surface area contributed by atoms with Crippen LogP contribution in [0.5, 0.6) is 0 Å². The molecule has 0 fully saturated rings. The summed E-state index contributed by atoms with van der Waals surface area (Å²) in [5.41, 5.74) is -0.343. The van der Waals surface area contributed by atoms with Crippen LogP contribution >= 0.6 is 0 Å². The second-order valence-electron chi connectivity index (χ2n) is 11.4. The summed E-state index contributed by atoms with van der Waals surface area (Å²) in [4.78, 5) is 35.1. The molecule has 0 atom stereocenters. The van der Waals surface area contributed by atoms with Gasteiger partial charge in [0.2, 0.25) is 0 Å². The summed E-state index contributed by atoms with van der Waals surface area (Å²) in [6.07, 6.45) is 18.4. The van der Waals surface area contributed by atoms with Gasteiger partial charge in [-0.1, -0.05) is 85.3 Å². The number of hydrogen-bond donors (Lipinski definition) is 1. The minimum Gasteiger partial charge on any atom is -0.481 e. The van der Waals surface area contributed by atoms with Crippen molar-refractivity contribution in [2.75, 3.05) is 6.61 Å². The van der Waals surface area contributed by atoms with Gasteiger partial charge in [0.1, 0.15) is 12.4 Å². The van der Waals surface area contributed by atoms with E-state index in [4.69, 9.17) is 9.84 Å². The molecule has 198 valence electrons. The third-order valence-electron chi connectivity index (χ3n) is 6.35. The van der Waals surface area contributed by atoms with E-state index in [0.717, 1.165) is 44.9 Å². The molecule has 0 heterocycles. The first-order chi connectivity index (χ1) is 16.0. The molecule has 0 radical (unpaired) electrons. The molecule has 0 aliphatic heterocycles. The van der Waals surface area contributed by atoms with Crippen LogP contribution in [0.1, 0.15) is 137 Å². The molecule has 0 aliphatic carbocycles. The second kappa shape index (κ2) is 18.6. The van der Waals surface area contributed by atoms with Gasteiger partial charge in [0, 0.05) is 12.8 Å². The number of ketones is 1. The molecule has 0 aromatic carbocycles. The molecule has 0 aromatic heterocycles. The number of carboxylic acids is 1. The van der Waals surface area contributed by atoms with Crippen molar-refractivity contribution in [2.45, 2.75) is 137 Å². The zero-order chi connectivity index (χ0) is 25.9. The Morgan fingerprint density at radius 2 is 1.29 bits per heavy atom. The van der Waals surface area contributed by atoms with E-state index in [2.05, 4.69) is 26.8 Å². The van der Waals surface area contributed by atoms with Gasteiger partial charge in [-0.05, 0) is 49.4 Å². The summed E-state index contributed by atoms with van der Waals surface area (Å²) in [5, 5.41) is 8.93. The summed E-state index contributed by atoms with van der Waals surface area (Å²) >= 11 is 0. The number of carbonyl (C=O) groups is 3. The van der Waals surface area contributed by atoms with Crippen molar-refractivity contribution in [3.63, 3.8) is 0 Å². The zero-order valence-corrected chi connectivity index (χ0v) is 22.8. The molecule has 0 aliphatic rings. The van der Waals surface area contributed by atoms with Crippen molar-refractivity contribution in [2.24, 2.45) is 10.8 Å². The van der Waals surface area contributed by atoms with Gasteiger partial charge >= 0.3 is 11.9 Å². The SMILES string of the molecule is CCCCCCC/C=C\COC(=O)CC(C)(C)CCCCC(=O)CCCCC(C)(C)CC(=O)O. The molecule has 0 amide bonds. The van der Waals surface area contributed by atoms with E-state index in [-0.39, 0.29) is 29.0 Å². The Balaban J connectivity index is 3.85. The maximum Gasteiger partial charge on any atom is 0.306 e.